The molecule has 2 fully saturated rings. The van der Waals surface area contributed by atoms with Crippen LogP contribution in [0.4, 0.5) is 0 Å². The van der Waals surface area contributed by atoms with Crippen molar-refractivity contribution >= 4 is 22.5 Å². The highest BCUT2D eigenvalue weighted by atomic mass is 16.7. The molecule has 0 spiro atoms. The lowest BCUT2D eigenvalue weighted by Crippen LogP contribution is -2.39. The second-order valence-corrected chi connectivity index (χ2v) is 9.40. The first kappa shape index (κ1) is 23.6. The van der Waals surface area contributed by atoms with Gasteiger partial charge in [-0.25, -0.2) is 0 Å². The van der Waals surface area contributed by atoms with Gasteiger partial charge < -0.3 is 24.6 Å². The number of hydrogen-bond donors (Lipinski definition) is 2. The number of hydrogen-bond acceptors (Lipinski definition) is 5. The summed E-state index contributed by atoms with van der Waals surface area (Å²) in [6, 6.07) is 18.3. The molecule has 1 aromatic heterocycles. The van der Waals surface area contributed by atoms with E-state index in [2.05, 4.69) is 27.6 Å². The molecule has 1 amide bonds. The average molecular weight is 476 g/mol. The summed E-state index contributed by atoms with van der Waals surface area (Å²) in [7, 11) is 0. The summed E-state index contributed by atoms with van der Waals surface area (Å²) in [5.41, 5.74) is 4.69. The van der Waals surface area contributed by atoms with E-state index >= 15 is 0 Å². The Hall–Kier alpha value is -3.16. The van der Waals surface area contributed by atoms with Crippen molar-refractivity contribution in [2.24, 2.45) is 11.1 Å². The van der Waals surface area contributed by atoms with Crippen LogP contribution >= 0.6 is 0 Å². The van der Waals surface area contributed by atoms with Crippen molar-refractivity contribution < 1.29 is 19.1 Å². The number of amides is 1. The van der Waals surface area contributed by atoms with Crippen molar-refractivity contribution in [3.63, 3.8) is 0 Å². The summed E-state index contributed by atoms with van der Waals surface area (Å²) < 4.78 is 11.1. The first-order valence-corrected chi connectivity index (χ1v) is 12.5. The van der Waals surface area contributed by atoms with E-state index in [-0.39, 0.29) is 24.0 Å². The summed E-state index contributed by atoms with van der Waals surface area (Å²) in [5.74, 6) is 0.280. The third-order valence-corrected chi connectivity index (χ3v) is 6.95. The number of ether oxygens (including phenoxy) is 2. The van der Waals surface area contributed by atoms with Gasteiger partial charge >= 0.3 is 0 Å². The Morgan fingerprint density at radius 3 is 2.60 bits per heavy atom. The fourth-order valence-corrected chi connectivity index (χ4v) is 5.13. The van der Waals surface area contributed by atoms with Crippen molar-refractivity contribution in [2.75, 3.05) is 26.4 Å². The molecule has 2 heterocycles. The van der Waals surface area contributed by atoms with E-state index in [1.807, 2.05) is 49.4 Å². The number of carbonyl (C=O) groups excluding carboxylic acids is 1. The number of H-pyrrole nitrogens is 1. The van der Waals surface area contributed by atoms with Gasteiger partial charge in [-0.3, -0.25) is 4.79 Å². The summed E-state index contributed by atoms with van der Waals surface area (Å²) in [5, 5.41) is 8.82. The molecule has 0 radical (unpaired) electrons. The van der Waals surface area contributed by atoms with Gasteiger partial charge in [0.25, 0.3) is 5.91 Å². The van der Waals surface area contributed by atoms with E-state index in [9.17, 15) is 4.79 Å². The van der Waals surface area contributed by atoms with E-state index in [1.54, 1.807) is 0 Å². The molecular formula is C28H33N3O4. The number of benzene rings is 2. The molecule has 184 valence electrons. The minimum Gasteiger partial charge on any atom is -0.393 e. The molecular weight excluding hydrogens is 442 g/mol. The monoisotopic (exact) mass is 475 g/mol. The van der Waals surface area contributed by atoms with E-state index in [0.29, 0.717) is 26.4 Å². The highest BCUT2D eigenvalue weighted by molar-refractivity contribution is 6.08. The van der Waals surface area contributed by atoms with Crippen LogP contribution in [0.3, 0.4) is 0 Å². The predicted molar refractivity (Wildman–Crippen MR) is 136 cm³/mol. The topological polar surface area (TPSA) is 84.9 Å². The average Bonchev–Trinajstić information content (AvgIpc) is 3.24. The highest BCUT2D eigenvalue weighted by Crippen LogP contribution is 2.29. The van der Waals surface area contributed by atoms with E-state index in [1.165, 1.54) is 0 Å². The van der Waals surface area contributed by atoms with Crippen LogP contribution in [-0.4, -0.2) is 55.2 Å². The number of nitrogens with zero attached hydrogens (tertiary/aromatic N) is 1. The largest absolute Gasteiger partial charge is 0.393 e. The minimum atomic E-state index is -0.0801. The van der Waals surface area contributed by atoms with Crippen LogP contribution < -0.4 is 5.32 Å². The van der Waals surface area contributed by atoms with E-state index in [4.69, 9.17) is 14.3 Å². The van der Waals surface area contributed by atoms with Crippen molar-refractivity contribution in [3.05, 3.63) is 71.4 Å². The third kappa shape index (κ3) is 5.57. The van der Waals surface area contributed by atoms with Gasteiger partial charge in [0, 0.05) is 28.6 Å². The standard InChI is InChI=1S/C28H33N3O4/c1-19-26(24-9-5-6-10-25(24)29-19)28(32)30-22-13-11-21(12-14-22)27(20-7-3-2-4-8-20)31-35-18-23-17-33-15-16-34-23/h2-10,21-23,29H,11-18H2,1H3,(H,30,32)/b31-27+. The third-order valence-electron chi connectivity index (χ3n) is 6.95. The smallest absolute Gasteiger partial charge is 0.253 e. The lowest BCUT2D eigenvalue weighted by Gasteiger charge is -2.30. The first-order chi connectivity index (χ1) is 17.2. The van der Waals surface area contributed by atoms with Crippen molar-refractivity contribution in [3.8, 4) is 0 Å². The van der Waals surface area contributed by atoms with Gasteiger partial charge in [-0.1, -0.05) is 53.7 Å². The van der Waals surface area contributed by atoms with Crippen LogP contribution in [0.5, 0.6) is 0 Å². The summed E-state index contributed by atoms with van der Waals surface area (Å²) in [4.78, 5) is 22.2. The van der Waals surface area contributed by atoms with Crippen molar-refractivity contribution in [2.45, 2.75) is 44.8 Å². The van der Waals surface area contributed by atoms with E-state index in [0.717, 1.165) is 59.1 Å². The quantitative estimate of drug-likeness (QED) is 0.386. The molecule has 2 aromatic carbocycles. The van der Waals surface area contributed by atoms with Crippen molar-refractivity contribution in [1.82, 2.24) is 10.3 Å². The maximum atomic E-state index is 13.1. The summed E-state index contributed by atoms with van der Waals surface area (Å²) >= 11 is 0. The van der Waals surface area contributed by atoms with Crippen LogP contribution in [0.2, 0.25) is 0 Å². The molecule has 0 bridgehead atoms. The van der Waals surface area contributed by atoms with Gasteiger partial charge in [-0.15, -0.1) is 0 Å². The number of aromatic amines is 1. The molecule has 3 aromatic rings. The highest BCUT2D eigenvalue weighted by Gasteiger charge is 2.28. The molecule has 1 atom stereocenters. The number of aryl methyl sites for hydroxylation is 1. The molecule has 1 aliphatic heterocycles. The maximum absolute atomic E-state index is 13.1. The zero-order valence-corrected chi connectivity index (χ0v) is 20.2. The molecule has 2 N–H and O–H groups in total. The lowest BCUT2D eigenvalue weighted by molar-refractivity contribution is -0.115. The Labute approximate surface area is 205 Å². The Kier molecular flexibility index (Phi) is 7.45. The number of nitrogens with one attached hydrogen (secondary N) is 2. The first-order valence-electron chi connectivity index (χ1n) is 12.5. The number of para-hydroxylation sites is 1. The number of carbonyl (C=O) groups is 1. The zero-order chi connectivity index (χ0) is 24.0. The van der Waals surface area contributed by atoms with Gasteiger partial charge in [0.2, 0.25) is 0 Å². The summed E-state index contributed by atoms with van der Waals surface area (Å²) in [6.07, 6.45) is 3.62. The van der Waals surface area contributed by atoms with Gasteiger partial charge in [0.15, 0.2) is 0 Å². The van der Waals surface area contributed by atoms with Crippen LogP contribution in [0.25, 0.3) is 10.9 Å². The van der Waals surface area contributed by atoms with E-state index < -0.39 is 0 Å². The Balaban J connectivity index is 1.22. The number of fused-ring (bicyclic) bond motifs is 1. The minimum absolute atomic E-state index is 0.00150. The predicted octanol–water partition coefficient (Wildman–Crippen LogP) is 4.60. The summed E-state index contributed by atoms with van der Waals surface area (Å²) in [6.45, 7) is 4.10. The molecule has 1 saturated carbocycles. The van der Waals surface area contributed by atoms with Crippen LogP contribution in [0.15, 0.2) is 59.8 Å². The van der Waals surface area contributed by atoms with Gasteiger partial charge in [-0.2, -0.15) is 0 Å². The molecule has 5 rings (SSSR count). The fourth-order valence-electron chi connectivity index (χ4n) is 5.13. The van der Waals surface area contributed by atoms with Crippen LogP contribution in [0.1, 0.15) is 47.3 Å². The van der Waals surface area contributed by atoms with Crippen LogP contribution in [-0.2, 0) is 14.3 Å². The molecule has 7 nitrogen and oxygen atoms in total. The van der Waals surface area contributed by atoms with Gasteiger partial charge in [-0.05, 0) is 44.2 Å². The molecule has 2 aliphatic rings. The molecule has 1 aliphatic carbocycles. The Bertz CT molecular complexity index is 1160. The molecule has 35 heavy (non-hydrogen) atoms. The SMILES string of the molecule is Cc1[nH]c2ccccc2c1C(=O)NC1CCC(/C(=N/OCC2COCCO2)c2ccccc2)CC1. The molecule has 1 unspecified atom stereocenters. The molecule has 7 heteroatoms. The lowest BCUT2D eigenvalue weighted by atomic mass is 9.81. The van der Waals surface area contributed by atoms with Gasteiger partial charge in [0.05, 0.1) is 31.1 Å². The second-order valence-electron chi connectivity index (χ2n) is 9.40. The normalized spacial score (nSPS) is 23.2. The zero-order valence-electron chi connectivity index (χ0n) is 20.2. The number of oxime groups is 1. The Morgan fingerprint density at radius 1 is 1.06 bits per heavy atom. The fraction of sp³-hybridized carbons (Fsp3) is 0.429. The second kappa shape index (κ2) is 11.1. The van der Waals surface area contributed by atoms with Crippen molar-refractivity contribution in [1.29, 1.82) is 0 Å². The van der Waals surface area contributed by atoms with Gasteiger partial charge in [0.1, 0.15) is 12.7 Å². The number of rotatable bonds is 7. The molecule has 1 saturated heterocycles. The van der Waals surface area contributed by atoms with Crippen LogP contribution in [0, 0.1) is 12.8 Å². The number of aromatic nitrogens is 1. The maximum Gasteiger partial charge on any atom is 0.253 e. The Morgan fingerprint density at radius 2 is 1.83 bits per heavy atom.